The smallest absolute Gasteiger partial charge is 0.257 e. The fourth-order valence-corrected chi connectivity index (χ4v) is 5.27. The summed E-state index contributed by atoms with van der Waals surface area (Å²) in [5, 5.41) is 9.45. The minimum Gasteiger partial charge on any atom is -0.378 e. The molecule has 9 heteroatoms. The van der Waals surface area contributed by atoms with Gasteiger partial charge < -0.3 is 9.64 Å². The molecule has 2 aliphatic rings. The van der Waals surface area contributed by atoms with Crippen molar-refractivity contribution in [2.24, 2.45) is 0 Å². The third kappa shape index (κ3) is 3.58. The Morgan fingerprint density at radius 2 is 2.21 bits per heavy atom. The molecule has 154 valence electrons. The number of aryl methyl sites for hydroxylation is 1. The number of thiazole rings is 1. The van der Waals surface area contributed by atoms with Crippen molar-refractivity contribution in [3.8, 4) is 0 Å². The van der Waals surface area contributed by atoms with Crippen molar-refractivity contribution in [2.75, 3.05) is 39.4 Å². The summed E-state index contributed by atoms with van der Waals surface area (Å²) in [5.41, 5.74) is 4.07. The van der Waals surface area contributed by atoms with Crippen LogP contribution >= 0.6 is 11.3 Å². The number of hydrogen-bond donors (Lipinski definition) is 1. The number of amides is 1. The molecular weight excluding hydrogens is 388 g/mol. The molecule has 5 heterocycles. The summed E-state index contributed by atoms with van der Waals surface area (Å²) in [4.78, 5) is 23.1. The lowest BCUT2D eigenvalue weighted by molar-refractivity contribution is 0.0301. The van der Waals surface area contributed by atoms with E-state index in [1.54, 1.807) is 17.5 Å². The third-order valence-electron chi connectivity index (χ3n) is 6.05. The van der Waals surface area contributed by atoms with Crippen LogP contribution in [0, 0.1) is 6.92 Å². The molecule has 0 bridgehead atoms. The number of morpholine rings is 1. The standard InChI is InChI=1S/C20H26N6O2S/c1-14-17(26-7-10-29-20(26)22-14)13-24-4-2-3-15(12-24)18-16(11-21-23-18)19(27)25-5-8-28-9-6-25/h7,10-11,15H,2-6,8-9,12-13H2,1H3,(H,21,23)/t15-/m1/s1. The highest BCUT2D eigenvalue weighted by molar-refractivity contribution is 7.15. The molecule has 1 N–H and O–H groups in total. The lowest BCUT2D eigenvalue weighted by atomic mass is 9.92. The highest BCUT2D eigenvalue weighted by Gasteiger charge is 2.29. The van der Waals surface area contributed by atoms with Crippen LogP contribution in [0.1, 0.15) is 46.2 Å². The molecule has 2 aliphatic heterocycles. The lowest BCUT2D eigenvalue weighted by Crippen LogP contribution is -2.41. The maximum atomic E-state index is 13.0. The number of nitrogens with zero attached hydrogens (tertiary/aromatic N) is 5. The highest BCUT2D eigenvalue weighted by Crippen LogP contribution is 2.30. The average molecular weight is 415 g/mol. The van der Waals surface area contributed by atoms with Gasteiger partial charge in [-0.25, -0.2) is 4.98 Å². The Balaban J connectivity index is 1.32. The Morgan fingerprint density at radius 3 is 3.07 bits per heavy atom. The zero-order valence-electron chi connectivity index (χ0n) is 16.6. The number of nitrogens with one attached hydrogen (secondary N) is 1. The molecule has 0 aliphatic carbocycles. The van der Waals surface area contributed by atoms with Gasteiger partial charge >= 0.3 is 0 Å². The number of fused-ring (bicyclic) bond motifs is 1. The van der Waals surface area contributed by atoms with E-state index < -0.39 is 0 Å². The normalized spacial score (nSPS) is 21.1. The Morgan fingerprint density at radius 1 is 1.34 bits per heavy atom. The van der Waals surface area contributed by atoms with Gasteiger partial charge in [0.1, 0.15) is 0 Å². The molecule has 0 spiro atoms. The summed E-state index contributed by atoms with van der Waals surface area (Å²) >= 11 is 1.67. The van der Waals surface area contributed by atoms with Gasteiger partial charge in [-0.15, -0.1) is 11.3 Å². The number of piperidine rings is 1. The number of carbonyl (C=O) groups excluding carboxylic acids is 1. The second-order valence-corrected chi connectivity index (χ2v) is 8.75. The Labute approximate surface area is 173 Å². The Kier molecular flexibility index (Phi) is 5.11. The van der Waals surface area contributed by atoms with E-state index in [4.69, 9.17) is 4.74 Å². The van der Waals surface area contributed by atoms with Crippen LogP contribution in [0.5, 0.6) is 0 Å². The summed E-state index contributed by atoms with van der Waals surface area (Å²) in [7, 11) is 0. The van der Waals surface area contributed by atoms with Crippen LogP contribution < -0.4 is 0 Å². The molecule has 0 radical (unpaired) electrons. The number of rotatable bonds is 4. The quantitative estimate of drug-likeness (QED) is 0.709. The van der Waals surface area contributed by atoms with Crippen molar-refractivity contribution in [3.05, 3.63) is 40.4 Å². The number of ether oxygens (including phenoxy) is 1. The van der Waals surface area contributed by atoms with E-state index >= 15 is 0 Å². The monoisotopic (exact) mass is 414 g/mol. The first kappa shape index (κ1) is 18.8. The molecule has 0 saturated carbocycles. The van der Waals surface area contributed by atoms with Gasteiger partial charge in [-0.1, -0.05) is 0 Å². The van der Waals surface area contributed by atoms with Crippen LogP contribution in [0.4, 0.5) is 0 Å². The van der Waals surface area contributed by atoms with E-state index in [-0.39, 0.29) is 11.8 Å². The first-order chi connectivity index (χ1) is 14.2. The van der Waals surface area contributed by atoms with Crippen molar-refractivity contribution in [2.45, 2.75) is 32.2 Å². The van der Waals surface area contributed by atoms with Gasteiger partial charge in [-0.2, -0.15) is 5.10 Å². The molecular formula is C20H26N6O2S. The topological polar surface area (TPSA) is 78.8 Å². The molecule has 29 heavy (non-hydrogen) atoms. The SMILES string of the molecule is Cc1nc2sccn2c1CN1CCC[C@@H](c2[nH]ncc2C(=O)N2CCOCC2)C1. The molecule has 1 amide bonds. The number of H-pyrrole nitrogens is 1. The van der Waals surface area contributed by atoms with E-state index in [1.807, 2.05) is 4.90 Å². The number of imidazole rings is 1. The zero-order chi connectivity index (χ0) is 19.8. The summed E-state index contributed by atoms with van der Waals surface area (Å²) in [6, 6.07) is 0. The maximum Gasteiger partial charge on any atom is 0.257 e. The number of aromatic nitrogens is 4. The first-order valence-corrected chi connectivity index (χ1v) is 11.1. The van der Waals surface area contributed by atoms with Gasteiger partial charge in [0.2, 0.25) is 0 Å². The van der Waals surface area contributed by atoms with Crippen molar-refractivity contribution in [1.82, 2.24) is 29.4 Å². The Bertz CT molecular complexity index is 1000. The minimum absolute atomic E-state index is 0.0702. The predicted octanol–water partition coefficient (Wildman–Crippen LogP) is 2.28. The van der Waals surface area contributed by atoms with Crippen molar-refractivity contribution in [1.29, 1.82) is 0 Å². The zero-order valence-corrected chi connectivity index (χ0v) is 17.5. The van der Waals surface area contributed by atoms with Crippen molar-refractivity contribution >= 4 is 22.2 Å². The molecule has 5 rings (SSSR count). The number of carbonyl (C=O) groups is 1. The summed E-state index contributed by atoms with van der Waals surface area (Å²) < 4.78 is 7.58. The van der Waals surface area contributed by atoms with E-state index in [0.29, 0.717) is 26.3 Å². The fraction of sp³-hybridized carbons (Fsp3) is 0.550. The number of hydrogen-bond acceptors (Lipinski definition) is 6. The van der Waals surface area contributed by atoms with Gasteiger partial charge in [-0.3, -0.25) is 19.2 Å². The average Bonchev–Trinajstić information content (AvgIpc) is 3.47. The third-order valence-corrected chi connectivity index (χ3v) is 6.80. The van der Waals surface area contributed by atoms with Gasteiger partial charge in [0.15, 0.2) is 4.96 Å². The molecule has 2 fully saturated rings. The van der Waals surface area contributed by atoms with Crippen LogP contribution in [0.3, 0.4) is 0 Å². The molecule has 2 saturated heterocycles. The molecule has 8 nitrogen and oxygen atoms in total. The molecule has 3 aromatic rings. The van der Waals surface area contributed by atoms with E-state index in [2.05, 4.69) is 43.0 Å². The van der Waals surface area contributed by atoms with Crippen LogP contribution in [0.15, 0.2) is 17.8 Å². The van der Waals surface area contributed by atoms with Crippen LogP contribution in [-0.2, 0) is 11.3 Å². The van der Waals surface area contributed by atoms with E-state index in [0.717, 1.165) is 54.4 Å². The summed E-state index contributed by atoms with van der Waals surface area (Å²) in [6.07, 6.45) is 5.98. The van der Waals surface area contributed by atoms with Gasteiger partial charge in [-0.05, 0) is 26.3 Å². The predicted molar refractivity (Wildman–Crippen MR) is 110 cm³/mol. The van der Waals surface area contributed by atoms with Crippen LogP contribution in [0.2, 0.25) is 0 Å². The molecule has 0 aromatic carbocycles. The fourth-order valence-electron chi connectivity index (χ4n) is 4.49. The first-order valence-electron chi connectivity index (χ1n) is 10.2. The highest BCUT2D eigenvalue weighted by atomic mass is 32.1. The number of aromatic amines is 1. The molecule has 0 unspecified atom stereocenters. The lowest BCUT2D eigenvalue weighted by Gasteiger charge is -2.33. The van der Waals surface area contributed by atoms with E-state index in [9.17, 15) is 4.79 Å². The maximum absolute atomic E-state index is 13.0. The minimum atomic E-state index is 0.0702. The largest absolute Gasteiger partial charge is 0.378 e. The van der Waals surface area contributed by atoms with Gasteiger partial charge in [0.25, 0.3) is 5.91 Å². The molecule has 3 aromatic heterocycles. The Hall–Kier alpha value is -2.23. The van der Waals surface area contributed by atoms with Crippen LogP contribution in [-0.4, -0.2) is 74.7 Å². The molecule has 1 atom stereocenters. The van der Waals surface area contributed by atoms with Crippen molar-refractivity contribution in [3.63, 3.8) is 0 Å². The second-order valence-electron chi connectivity index (χ2n) is 7.88. The van der Waals surface area contributed by atoms with Crippen molar-refractivity contribution < 1.29 is 9.53 Å². The summed E-state index contributed by atoms with van der Waals surface area (Å²) in [5.74, 6) is 0.359. The van der Waals surface area contributed by atoms with E-state index in [1.165, 1.54) is 5.69 Å². The summed E-state index contributed by atoms with van der Waals surface area (Å²) in [6.45, 7) is 7.46. The van der Waals surface area contributed by atoms with Crippen LogP contribution in [0.25, 0.3) is 4.96 Å². The number of likely N-dealkylation sites (tertiary alicyclic amines) is 1. The second kappa shape index (κ2) is 7.89. The van der Waals surface area contributed by atoms with Gasteiger partial charge in [0, 0.05) is 43.7 Å². The van der Waals surface area contributed by atoms with Gasteiger partial charge in [0.05, 0.1) is 42.1 Å².